The molecule has 4 saturated carbocycles. The van der Waals surface area contributed by atoms with Gasteiger partial charge >= 0.3 is 0 Å². The van der Waals surface area contributed by atoms with E-state index >= 15 is 0 Å². The first-order valence-corrected chi connectivity index (χ1v) is 7.83. The van der Waals surface area contributed by atoms with Crippen LogP contribution in [0.2, 0.25) is 0 Å². The van der Waals surface area contributed by atoms with Crippen LogP contribution in [0.3, 0.4) is 0 Å². The monoisotopic (exact) mass is 279 g/mol. The molecule has 0 radical (unpaired) electrons. The Balaban J connectivity index is 1.58. The molecule has 1 amide bonds. The molecule has 5 nitrogen and oxygen atoms in total. The molecule has 4 N–H and O–H groups in total. The molecule has 0 saturated heterocycles. The summed E-state index contributed by atoms with van der Waals surface area (Å²) in [5.74, 6) is 3.43. The van der Waals surface area contributed by atoms with Crippen molar-refractivity contribution in [2.45, 2.75) is 39.0 Å². The van der Waals surface area contributed by atoms with Crippen LogP contribution in [-0.2, 0) is 4.79 Å². The average Bonchev–Trinajstić information content (AvgIpc) is 2.42. The molecule has 0 aliphatic heterocycles. The Morgan fingerprint density at radius 1 is 1.25 bits per heavy atom. The highest BCUT2D eigenvalue weighted by molar-refractivity contribution is 5.84. The standard InChI is InChI=1S/C15H25N3O2/c1-8(14(16)18-20)7-17-15(19)13-11-3-9-2-10(5-11)6-12(13)4-9/h8-13,20H,2-7H2,1H3,(H2,16,18)(H,17,19). The summed E-state index contributed by atoms with van der Waals surface area (Å²) in [4.78, 5) is 12.5. The third-order valence-corrected chi connectivity index (χ3v) is 5.73. The van der Waals surface area contributed by atoms with Gasteiger partial charge in [0.25, 0.3) is 0 Å². The van der Waals surface area contributed by atoms with E-state index in [4.69, 9.17) is 10.9 Å². The smallest absolute Gasteiger partial charge is 0.223 e. The van der Waals surface area contributed by atoms with Crippen LogP contribution >= 0.6 is 0 Å². The second-order valence-electron chi connectivity index (χ2n) is 7.13. The Kier molecular flexibility index (Phi) is 3.61. The summed E-state index contributed by atoms with van der Waals surface area (Å²) in [5.41, 5.74) is 5.55. The van der Waals surface area contributed by atoms with Crippen LogP contribution in [0.5, 0.6) is 0 Å². The predicted molar refractivity (Wildman–Crippen MR) is 76.1 cm³/mol. The number of nitrogens with one attached hydrogen (secondary N) is 1. The summed E-state index contributed by atoms with van der Waals surface area (Å²) in [7, 11) is 0. The highest BCUT2D eigenvalue weighted by Gasteiger charge is 2.50. The summed E-state index contributed by atoms with van der Waals surface area (Å²) < 4.78 is 0. The first kappa shape index (κ1) is 13.7. The van der Waals surface area contributed by atoms with Crippen LogP contribution in [0.4, 0.5) is 0 Å². The number of hydrogen-bond acceptors (Lipinski definition) is 3. The van der Waals surface area contributed by atoms with Crippen molar-refractivity contribution >= 4 is 11.7 Å². The summed E-state index contributed by atoms with van der Waals surface area (Å²) in [5, 5.41) is 14.6. The van der Waals surface area contributed by atoms with Crippen molar-refractivity contribution in [2.75, 3.05) is 6.54 Å². The van der Waals surface area contributed by atoms with E-state index in [1.54, 1.807) is 0 Å². The van der Waals surface area contributed by atoms with E-state index in [1.165, 1.54) is 32.1 Å². The maximum absolute atomic E-state index is 12.5. The zero-order valence-corrected chi connectivity index (χ0v) is 12.1. The number of amidine groups is 1. The Hall–Kier alpha value is -1.26. The second-order valence-corrected chi connectivity index (χ2v) is 7.13. The van der Waals surface area contributed by atoms with Crippen molar-refractivity contribution in [1.82, 2.24) is 5.32 Å². The molecular formula is C15H25N3O2. The van der Waals surface area contributed by atoms with E-state index in [0.29, 0.717) is 18.4 Å². The van der Waals surface area contributed by atoms with E-state index in [9.17, 15) is 4.79 Å². The molecule has 4 bridgehead atoms. The van der Waals surface area contributed by atoms with Crippen molar-refractivity contribution in [2.24, 2.45) is 46.4 Å². The highest BCUT2D eigenvalue weighted by Crippen LogP contribution is 2.56. The van der Waals surface area contributed by atoms with Crippen molar-refractivity contribution in [3.8, 4) is 0 Å². The number of hydrogen-bond donors (Lipinski definition) is 3. The minimum atomic E-state index is -0.124. The highest BCUT2D eigenvalue weighted by atomic mass is 16.4. The van der Waals surface area contributed by atoms with Gasteiger partial charge in [-0.25, -0.2) is 0 Å². The number of rotatable bonds is 4. The average molecular weight is 279 g/mol. The minimum Gasteiger partial charge on any atom is -0.409 e. The van der Waals surface area contributed by atoms with Crippen LogP contribution in [0.1, 0.15) is 39.0 Å². The number of carbonyl (C=O) groups is 1. The molecule has 4 rings (SSSR count). The van der Waals surface area contributed by atoms with Crippen molar-refractivity contribution < 1.29 is 10.0 Å². The van der Waals surface area contributed by atoms with Crippen LogP contribution in [0.25, 0.3) is 0 Å². The molecule has 1 atom stereocenters. The topological polar surface area (TPSA) is 87.7 Å². The van der Waals surface area contributed by atoms with Gasteiger partial charge < -0.3 is 16.3 Å². The Labute approximate surface area is 120 Å². The third-order valence-electron chi connectivity index (χ3n) is 5.73. The van der Waals surface area contributed by atoms with Gasteiger partial charge in [0, 0.05) is 18.4 Å². The minimum absolute atomic E-state index is 0.124. The maximum Gasteiger partial charge on any atom is 0.223 e. The van der Waals surface area contributed by atoms with Crippen molar-refractivity contribution in [3.63, 3.8) is 0 Å². The van der Waals surface area contributed by atoms with Crippen LogP contribution in [0, 0.1) is 35.5 Å². The van der Waals surface area contributed by atoms with Gasteiger partial charge in [-0.1, -0.05) is 12.1 Å². The lowest BCUT2D eigenvalue weighted by molar-refractivity contribution is -0.138. The number of nitrogens with zero attached hydrogens (tertiary/aromatic N) is 1. The fourth-order valence-electron chi connectivity index (χ4n) is 4.93. The van der Waals surface area contributed by atoms with E-state index in [-0.39, 0.29) is 23.6 Å². The largest absolute Gasteiger partial charge is 0.409 e. The molecule has 5 heteroatoms. The van der Waals surface area contributed by atoms with Gasteiger partial charge in [-0.2, -0.15) is 0 Å². The van der Waals surface area contributed by atoms with Crippen molar-refractivity contribution in [1.29, 1.82) is 0 Å². The lowest BCUT2D eigenvalue weighted by atomic mass is 9.51. The normalized spacial score (nSPS) is 40.6. The third kappa shape index (κ3) is 2.38. The Morgan fingerprint density at radius 3 is 2.30 bits per heavy atom. The van der Waals surface area contributed by atoms with E-state index in [0.717, 1.165) is 11.8 Å². The Bertz CT molecular complexity index is 393. The SMILES string of the molecule is CC(CNC(=O)C1C2CC3CC(C2)CC1C3)C(N)=NO. The zero-order chi connectivity index (χ0) is 14.3. The number of carbonyl (C=O) groups excluding carboxylic acids is 1. The first-order valence-electron chi connectivity index (χ1n) is 7.83. The van der Waals surface area contributed by atoms with Gasteiger partial charge in [0.1, 0.15) is 5.84 Å². The molecular weight excluding hydrogens is 254 g/mol. The molecule has 1 unspecified atom stereocenters. The maximum atomic E-state index is 12.5. The molecule has 4 aliphatic rings. The first-order chi connectivity index (χ1) is 9.58. The van der Waals surface area contributed by atoms with E-state index in [1.807, 2.05) is 6.92 Å². The second kappa shape index (κ2) is 5.26. The number of nitrogens with two attached hydrogens (primary N) is 1. The van der Waals surface area contributed by atoms with E-state index < -0.39 is 0 Å². The fraction of sp³-hybridized carbons (Fsp3) is 0.867. The molecule has 20 heavy (non-hydrogen) atoms. The summed E-state index contributed by atoms with van der Waals surface area (Å²) in [6.45, 7) is 2.31. The molecule has 4 aliphatic carbocycles. The van der Waals surface area contributed by atoms with Gasteiger partial charge in [0.15, 0.2) is 0 Å². The molecule has 0 spiro atoms. The predicted octanol–water partition coefficient (Wildman–Crippen LogP) is 1.56. The van der Waals surface area contributed by atoms with Gasteiger partial charge in [-0.15, -0.1) is 0 Å². The zero-order valence-electron chi connectivity index (χ0n) is 12.1. The van der Waals surface area contributed by atoms with Crippen LogP contribution in [-0.4, -0.2) is 23.5 Å². The molecule has 0 aromatic rings. The van der Waals surface area contributed by atoms with Crippen LogP contribution in [0.15, 0.2) is 5.16 Å². The van der Waals surface area contributed by atoms with Gasteiger partial charge in [-0.3, -0.25) is 4.79 Å². The van der Waals surface area contributed by atoms with Gasteiger partial charge in [0.05, 0.1) is 0 Å². The van der Waals surface area contributed by atoms with Gasteiger partial charge in [0.2, 0.25) is 5.91 Å². The van der Waals surface area contributed by atoms with Gasteiger partial charge in [-0.05, 0) is 55.8 Å². The van der Waals surface area contributed by atoms with Crippen LogP contribution < -0.4 is 11.1 Å². The molecule has 0 heterocycles. The summed E-state index contributed by atoms with van der Waals surface area (Å²) in [6.07, 6.45) is 6.41. The summed E-state index contributed by atoms with van der Waals surface area (Å²) >= 11 is 0. The number of oxime groups is 1. The molecule has 4 fully saturated rings. The molecule has 0 aromatic carbocycles. The summed E-state index contributed by atoms with van der Waals surface area (Å²) in [6, 6.07) is 0. The Morgan fingerprint density at radius 2 is 1.80 bits per heavy atom. The number of amides is 1. The lowest BCUT2D eigenvalue weighted by Gasteiger charge is -2.53. The molecule has 0 aromatic heterocycles. The van der Waals surface area contributed by atoms with Crippen molar-refractivity contribution in [3.05, 3.63) is 0 Å². The quantitative estimate of drug-likeness (QED) is 0.316. The van der Waals surface area contributed by atoms with E-state index in [2.05, 4.69) is 10.5 Å². The fourth-order valence-corrected chi connectivity index (χ4v) is 4.93. The molecule has 112 valence electrons. The lowest BCUT2D eigenvalue weighted by Crippen LogP contribution is -2.51.